The van der Waals surface area contributed by atoms with Crippen LogP contribution in [0.5, 0.6) is 0 Å². The molecule has 0 aliphatic carbocycles. The molecule has 0 atom stereocenters. The van der Waals surface area contributed by atoms with Gasteiger partial charge in [-0.25, -0.2) is 4.57 Å². The predicted octanol–water partition coefficient (Wildman–Crippen LogP) is 1.59. The zero-order valence-electron chi connectivity index (χ0n) is 4.77. The summed E-state index contributed by atoms with van der Waals surface area (Å²) in [5.41, 5.74) is 0. The molecule has 0 spiro atoms. The van der Waals surface area contributed by atoms with Gasteiger partial charge in [0.05, 0.1) is 0 Å². The molecule has 0 aliphatic heterocycles. The summed E-state index contributed by atoms with van der Waals surface area (Å²) in [4.78, 5) is 21.6. The van der Waals surface area contributed by atoms with Gasteiger partial charge in [-0.2, -0.15) is 0 Å². The fourth-order valence-electron chi connectivity index (χ4n) is 0. The molecule has 0 aliphatic rings. The van der Waals surface area contributed by atoms with Gasteiger partial charge in [0, 0.05) is 0 Å². The van der Waals surface area contributed by atoms with Crippen LogP contribution in [0.15, 0.2) is 0 Å². The van der Waals surface area contributed by atoms with Gasteiger partial charge in [-0.1, -0.05) is 0 Å². The molecular weight excluding hydrogens is 317 g/mol. The number of hydrogen-bond acceptors (Lipinski definition) is 1. The summed E-state index contributed by atoms with van der Waals surface area (Å²) in [6.45, 7) is 0. The zero-order valence-corrected chi connectivity index (χ0v) is 7.14. The Labute approximate surface area is 63.6 Å². The second-order valence-corrected chi connectivity index (χ2v) is 5.36. The zero-order chi connectivity index (χ0) is 10.9. The fraction of sp³-hybridized carbons (Fsp3) is 0. The Bertz CT molecular complexity index is 173. The van der Waals surface area contributed by atoms with E-state index in [1.54, 1.807) is 0 Å². The summed E-state index contributed by atoms with van der Waals surface area (Å²) in [6, 6.07) is 0. The quantitative estimate of drug-likeness (QED) is 0.360. The third-order valence-electron chi connectivity index (χ3n) is 0. The van der Waals surface area contributed by atoms with Crippen LogP contribution in [0.3, 0.4) is 0 Å². The van der Waals surface area contributed by atoms with Gasteiger partial charge in [-0.05, 0) is 0 Å². The summed E-state index contributed by atoms with van der Waals surface area (Å²) in [5, 5.41) is 0. The third-order valence-corrected chi connectivity index (χ3v) is 0. The van der Waals surface area contributed by atoms with Gasteiger partial charge in [-0.3, -0.25) is 0 Å². The molecule has 85 valence electrons. The number of phosphoric acid groups is 1. The Morgan fingerprint density at radius 2 is 0.833 bits per heavy atom. The minimum absolute atomic E-state index is 4.64. The molecule has 0 fully saturated rings. The van der Waals surface area contributed by atoms with E-state index >= 15 is 0 Å². The molecule has 0 aromatic carbocycles. The Morgan fingerprint density at radius 1 is 0.833 bits per heavy atom. The van der Waals surface area contributed by atoms with Crippen molar-refractivity contribution >= 4 is 7.82 Å². The first-order valence-electron chi connectivity index (χ1n) is 1.47. The van der Waals surface area contributed by atoms with Crippen molar-refractivity contribution in [2.75, 3.05) is 0 Å². The van der Waals surface area contributed by atoms with E-state index in [0.717, 1.165) is 0 Å². The molecule has 0 rings (SSSR count). The van der Waals surface area contributed by atoms with Crippen LogP contribution >= 0.6 is 7.82 Å². The van der Waals surface area contributed by atoms with Crippen molar-refractivity contribution in [3.05, 3.63) is 0 Å². The first kappa shape index (κ1) is 14.9. The topological polar surface area (TPSA) is 77.8 Å². The molecule has 12 heteroatoms. The maximum absolute atomic E-state index is 10.9. The van der Waals surface area contributed by atoms with Crippen LogP contribution in [0.25, 0.3) is 0 Å². The third kappa shape index (κ3) is 5010. The summed E-state index contributed by atoms with van der Waals surface area (Å²) < 4.78 is 68.2. The Kier molecular flexibility index (Phi) is 3.37. The summed E-state index contributed by atoms with van der Waals surface area (Å²) in [6.07, 6.45) is 0. The van der Waals surface area contributed by atoms with E-state index < -0.39 is 25.6 Å². The Balaban J connectivity index is 0. The van der Waals surface area contributed by atoms with Crippen molar-refractivity contribution in [2.24, 2.45) is 0 Å². The van der Waals surface area contributed by atoms with Crippen molar-refractivity contribution in [2.45, 2.75) is 0 Å². The second-order valence-electron chi connectivity index (χ2n) is 1.16. The van der Waals surface area contributed by atoms with Crippen LogP contribution in [0.2, 0.25) is 0 Å². The summed E-state index contributed by atoms with van der Waals surface area (Å²) >= 11 is -10.9. The summed E-state index contributed by atoms with van der Waals surface area (Å²) in [7, 11) is -4.64. The molecule has 12 heavy (non-hydrogen) atoms. The molecule has 0 aromatic heterocycles. The van der Waals surface area contributed by atoms with E-state index in [9.17, 15) is 18.1 Å². The standard InChI is InChI=1S/Ag.6FH.H3O4P/c;;;;;;;1-5(2,3)4/h;6*1H;(H3,1,2,3,4)/q+6;;;;;;;/p-6. The second kappa shape index (κ2) is 2.71. The van der Waals surface area contributed by atoms with Crippen molar-refractivity contribution in [1.82, 2.24) is 0 Å². The van der Waals surface area contributed by atoms with Crippen molar-refractivity contribution in [3.63, 3.8) is 0 Å². The SMILES string of the molecule is O=P(O)(O)O.[F][Ag]([F])([F])([F])([F])[F]. The molecule has 0 saturated carbocycles. The molecule has 0 radical (unpaired) electrons. The van der Waals surface area contributed by atoms with Crippen LogP contribution in [0.4, 0.5) is 18.1 Å². The normalized spacial score (nSPS) is 18.4. The molecule has 0 unspecified atom stereocenters. The van der Waals surface area contributed by atoms with Gasteiger partial charge in [0.1, 0.15) is 0 Å². The minimum atomic E-state index is -10.9. The number of hydrogen-bond donors (Lipinski definition) is 3. The number of halogens is 6. The van der Waals surface area contributed by atoms with E-state index in [0.29, 0.717) is 0 Å². The molecule has 0 aromatic rings. The van der Waals surface area contributed by atoms with E-state index in [2.05, 4.69) is 0 Å². The van der Waals surface area contributed by atoms with Crippen molar-refractivity contribution in [3.8, 4) is 0 Å². The molecule has 3 N–H and O–H groups in total. The van der Waals surface area contributed by atoms with Crippen LogP contribution in [0, 0.1) is 0 Å². The van der Waals surface area contributed by atoms with Gasteiger partial charge < -0.3 is 14.7 Å². The number of rotatable bonds is 0. The Morgan fingerprint density at radius 3 is 0.833 bits per heavy atom. The summed E-state index contributed by atoms with van der Waals surface area (Å²) in [5.74, 6) is 0. The molecule has 0 amide bonds. The Hall–Kier alpha value is 0.430. The average Bonchev–Trinajstić information content (AvgIpc) is 1.04. The van der Waals surface area contributed by atoms with Gasteiger partial charge >= 0.3 is 43.8 Å². The molecular formula is H3AgF6O4P. The van der Waals surface area contributed by atoms with Crippen LogP contribution in [0.1, 0.15) is 0 Å². The first-order valence-corrected chi connectivity index (χ1v) is 6.39. The van der Waals surface area contributed by atoms with Crippen molar-refractivity contribution in [1.29, 1.82) is 0 Å². The molecule has 0 heterocycles. The van der Waals surface area contributed by atoms with E-state index in [1.165, 1.54) is 0 Å². The van der Waals surface area contributed by atoms with Crippen LogP contribution in [-0.4, -0.2) is 14.7 Å². The van der Waals surface area contributed by atoms with E-state index in [-0.39, 0.29) is 0 Å². The first-order chi connectivity index (χ1) is 4.45. The monoisotopic (exact) mass is 319 g/mol. The van der Waals surface area contributed by atoms with E-state index in [4.69, 9.17) is 19.2 Å². The molecule has 0 saturated heterocycles. The predicted molar refractivity (Wildman–Crippen MR) is 20.9 cm³/mol. The molecule has 0 bridgehead atoms. The van der Waals surface area contributed by atoms with Gasteiger partial charge in [-0.15, -0.1) is 0 Å². The fourth-order valence-corrected chi connectivity index (χ4v) is 0. The van der Waals surface area contributed by atoms with Crippen LogP contribution < -0.4 is 0 Å². The van der Waals surface area contributed by atoms with E-state index in [1.807, 2.05) is 0 Å². The van der Waals surface area contributed by atoms with Gasteiger partial charge in [0.2, 0.25) is 0 Å². The van der Waals surface area contributed by atoms with Gasteiger partial charge in [0.15, 0.2) is 0 Å². The van der Waals surface area contributed by atoms with Gasteiger partial charge in [0.25, 0.3) is 0 Å². The van der Waals surface area contributed by atoms with Crippen LogP contribution in [-0.2, 0) is 22.3 Å². The maximum atomic E-state index is 9.88. The average molecular weight is 320 g/mol. The van der Waals surface area contributed by atoms with Crippen molar-refractivity contribution < 1.29 is 55.2 Å². The molecule has 4 nitrogen and oxygen atoms in total.